The van der Waals surface area contributed by atoms with Crippen LogP contribution < -0.4 is 10.5 Å². The fraction of sp³-hybridized carbons (Fsp3) is 0.316. The highest BCUT2D eigenvalue weighted by molar-refractivity contribution is 5.66. The molecule has 2 aromatic heterocycles. The maximum atomic E-state index is 5.70. The van der Waals surface area contributed by atoms with Crippen molar-refractivity contribution in [3.8, 4) is 17.0 Å². The number of hydrogen-bond acceptors (Lipinski definition) is 3. The summed E-state index contributed by atoms with van der Waals surface area (Å²) in [7, 11) is 0. The summed E-state index contributed by atoms with van der Waals surface area (Å²) in [6.45, 7) is 4.64. The summed E-state index contributed by atoms with van der Waals surface area (Å²) in [5.41, 5.74) is 10.2. The van der Waals surface area contributed by atoms with Gasteiger partial charge in [-0.3, -0.25) is 0 Å². The zero-order valence-electron chi connectivity index (χ0n) is 13.7. The van der Waals surface area contributed by atoms with E-state index in [1.807, 2.05) is 35.7 Å². The van der Waals surface area contributed by atoms with E-state index in [4.69, 9.17) is 10.5 Å². The van der Waals surface area contributed by atoms with Gasteiger partial charge in [0.25, 0.3) is 0 Å². The normalized spacial score (nSPS) is 12.5. The lowest BCUT2D eigenvalue weighted by molar-refractivity contribution is 0.296. The van der Waals surface area contributed by atoms with E-state index in [9.17, 15) is 0 Å². The van der Waals surface area contributed by atoms with E-state index >= 15 is 0 Å². The third-order valence-corrected chi connectivity index (χ3v) is 3.72. The number of pyridine rings is 1. The molecule has 1 aromatic carbocycles. The van der Waals surface area contributed by atoms with E-state index < -0.39 is 0 Å². The van der Waals surface area contributed by atoms with Crippen molar-refractivity contribution in [1.82, 2.24) is 9.61 Å². The third kappa shape index (κ3) is 3.71. The Balaban J connectivity index is 1.82. The smallest absolute Gasteiger partial charge is 0.119 e. The van der Waals surface area contributed by atoms with E-state index in [1.165, 1.54) is 5.56 Å². The van der Waals surface area contributed by atoms with Crippen LogP contribution in [0.5, 0.6) is 5.75 Å². The second-order valence-corrected chi connectivity index (χ2v) is 6.00. The number of ether oxygens (including phenoxy) is 1. The molecule has 3 aromatic rings. The summed E-state index contributed by atoms with van der Waals surface area (Å²) in [6.07, 6.45) is 4.34. The highest BCUT2D eigenvalue weighted by Gasteiger charge is 2.06. The first-order chi connectivity index (χ1) is 11.2. The van der Waals surface area contributed by atoms with Crippen molar-refractivity contribution in [2.24, 2.45) is 5.73 Å². The van der Waals surface area contributed by atoms with Gasteiger partial charge in [-0.05, 0) is 55.3 Å². The van der Waals surface area contributed by atoms with Crippen molar-refractivity contribution < 1.29 is 4.74 Å². The minimum atomic E-state index is 0.0328. The number of aryl methyl sites for hydroxylation is 1. The van der Waals surface area contributed by atoms with Gasteiger partial charge in [0.15, 0.2) is 0 Å². The SMILES string of the molecule is CCCc1ccc2cc(-c3ccc(OC[C@H](C)N)cc3)nn2c1. The standard InChI is InChI=1S/C19H23N3O/c1-3-4-15-5-8-17-11-19(21-22(17)12-15)16-6-9-18(10-7-16)23-13-14(2)20/h5-12,14H,3-4,13,20H2,1-2H3/t14-/m0/s1. The van der Waals surface area contributed by atoms with Crippen molar-refractivity contribution in [2.45, 2.75) is 32.7 Å². The Kier molecular flexibility index (Phi) is 4.63. The first-order valence-electron chi connectivity index (χ1n) is 8.13. The number of hydrogen-bond donors (Lipinski definition) is 1. The van der Waals surface area contributed by atoms with E-state index in [1.54, 1.807) is 0 Å². The number of nitrogens with two attached hydrogens (primary N) is 1. The average Bonchev–Trinajstić information content (AvgIpc) is 2.97. The molecule has 0 amide bonds. The Bertz CT molecular complexity index is 775. The van der Waals surface area contributed by atoms with Crippen LogP contribution in [0.25, 0.3) is 16.8 Å². The zero-order valence-corrected chi connectivity index (χ0v) is 13.7. The van der Waals surface area contributed by atoms with Gasteiger partial charge in [0.2, 0.25) is 0 Å². The van der Waals surface area contributed by atoms with Crippen LogP contribution in [0.15, 0.2) is 48.7 Å². The maximum Gasteiger partial charge on any atom is 0.119 e. The van der Waals surface area contributed by atoms with Gasteiger partial charge in [0.1, 0.15) is 12.4 Å². The third-order valence-electron chi connectivity index (χ3n) is 3.72. The van der Waals surface area contributed by atoms with Crippen LogP contribution in [0.2, 0.25) is 0 Å². The van der Waals surface area contributed by atoms with Gasteiger partial charge in [-0.2, -0.15) is 5.10 Å². The molecule has 2 heterocycles. The molecule has 2 N–H and O–H groups in total. The summed E-state index contributed by atoms with van der Waals surface area (Å²) < 4.78 is 7.57. The molecule has 0 saturated carbocycles. The predicted octanol–water partition coefficient (Wildman–Crippen LogP) is 3.68. The predicted molar refractivity (Wildman–Crippen MR) is 93.8 cm³/mol. The molecule has 0 unspecified atom stereocenters. The van der Waals surface area contributed by atoms with Gasteiger partial charge in [-0.1, -0.05) is 19.4 Å². The van der Waals surface area contributed by atoms with Crippen LogP contribution in [-0.4, -0.2) is 22.3 Å². The molecule has 120 valence electrons. The van der Waals surface area contributed by atoms with E-state index in [0.29, 0.717) is 6.61 Å². The quantitative estimate of drug-likeness (QED) is 0.755. The largest absolute Gasteiger partial charge is 0.492 e. The summed E-state index contributed by atoms with van der Waals surface area (Å²) in [5.74, 6) is 0.833. The average molecular weight is 309 g/mol. The molecule has 4 nitrogen and oxygen atoms in total. The molecule has 0 aliphatic rings. The molecule has 0 aliphatic carbocycles. The summed E-state index contributed by atoms with van der Waals surface area (Å²) >= 11 is 0. The molecule has 4 heteroatoms. The molecule has 0 aliphatic heterocycles. The molecular weight excluding hydrogens is 286 g/mol. The molecule has 0 saturated heterocycles. The van der Waals surface area contributed by atoms with Gasteiger partial charge in [-0.15, -0.1) is 0 Å². The minimum Gasteiger partial charge on any atom is -0.492 e. The lowest BCUT2D eigenvalue weighted by Crippen LogP contribution is -2.23. The van der Waals surface area contributed by atoms with Crippen LogP contribution in [0.3, 0.4) is 0 Å². The van der Waals surface area contributed by atoms with E-state index in [2.05, 4.69) is 36.4 Å². The van der Waals surface area contributed by atoms with Gasteiger partial charge < -0.3 is 10.5 Å². The second-order valence-electron chi connectivity index (χ2n) is 6.00. The van der Waals surface area contributed by atoms with Crippen molar-refractivity contribution in [3.63, 3.8) is 0 Å². The van der Waals surface area contributed by atoms with Gasteiger partial charge >= 0.3 is 0 Å². The molecule has 0 bridgehead atoms. The molecule has 0 radical (unpaired) electrons. The lowest BCUT2D eigenvalue weighted by Gasteiger charge is -2.08. The van der Waals surface area contributed by atoms with Crippen LogP contribution >= 0.6 is 0 Å². The number of fused-ring (bicyclic) bond motifs is 1. The Labute approximate surface area is 136 Å². The maximum absolute atomic E-state index is 5.70. The molecular formula is C19H23N3O. The first-order valence-corrected chi connectivity index (χ1v) is 8.13. The van der Waals surface area contributed by atoms with Crippen molar-refractivity contribution in [1.29, 1.82) is 0 Å². The second kappa shape index (κ2) is 6.84. The lowest BCUT2D eigenvalue weighted by atomic mass is 10.1. The minimum absolute atomic E-state index is 0.0328. The molecule has 3 rings (SSSR count). The van der Waals surface area contributed by atoms with Crippen molar-refractivity contribution in [2.75, 3.05) is 6.61 Å². The molecule has 0 spiro atoms. The van der Waals surface area contributed by atoms with Crippen LogP contribution in [0, 0.1) is 0 Å². The van der Waals surface area contributed by atoms with Gasteiger partial charge in [0.05, 0.1) is 11.2 Å². The Morgan fingerprint density at radius 3 is 2.65 bits per heavy atom. The Morgan fingerprint density at radius 2 is 1.96 bits per heavy atom. The highest BCUT2D eigenvalue weighted by Crippen LogP contribution is 2.23. The number of nitrogens with zero attached hydrogens (tertiary/aromatic N) is 2. The summed E-state index contributed by atoms with van der Waals surface area (Å²) in [5, 5.41) is 4.69. The Hall–Kier alpha value is -2.33. The first kappa shape index (κ1) is 15.6. The zero-order chi connectivity index (χ0) is 16.2. The van der Waals surface area contributed by atoms with Crippen LogP contribution in [0.4, 0.5) is 0 Å². The van der Waals surface area contributed by atoms with Gasteiger partial charge in [-0.25, -0.2) is 4.52 Å². The Morgan fingerprint density at radius 1 is 1.17 bits per heavy atom. The summed E-state index contributed by atoms with van der Waals surface area (Å²) in [6, 6.07) is 14.4. The highest BCUT2D eigenvalue weighted by atomic mass is 16.5. The molecule has 1 atom stereocenters. The van der Waals surface area contributed by atoms with Gasteiger partial charge in [0, 0.05) is 17.8 Å². The van der Waals surface area contributed by atoms with Crippen molar-refractivity contribution >= 4 is 5.52 Å². The number of benzene rings is 1. The number of aromatic nitrogens is 2. The van der Waals surface area contributed by atoms with Crippen LogP contribution in [-0.2, 0) is 6.42 Å². The monoisotopic (exact) mass is 309 g/mol. The fourth-order valence-electron chi connectivity index (χ4n) is 2.56. The van der Waals surface area contributed by atoms with Crippen LogP contribution in [0.1, 0.15) is 25.8 Å². The van der Waals surface area contributed by atoms with E-state index in [0.717, 1.165) is 35.4 Å². The molecule has 0 fully saturated rings. The number of rotatable bonds is 6. The summed E-state index contributed by atoms with van der Waals surface area (Å²) in [4.78, 5) is 0. The molecule has 23 heavy (non-hydrogen) atoms. The van der Waals surface area contributed by atoms with Crippen molar-refractivity contribution in [3.05, 3.63) is 54.2 Å². The van der Waals surface area contributed by atoms with E-state index in [-0.39, 0.29) is 6.04 Å². The topological polar surface area (TPSA) is 52.5 Å². The fourth-order valence-corrected chi connectivity index (χ4v) is 2.56.